The molecule has 2 aromatic carbocycles. The standard InChI is InChI=1S/C18H18O4/c1-20-13-22-18-6-4-3-5-15(18)9-12-17(19)14-7-10-16(21-2)11-8-14/h3-12H,13H2,1-2H3/b12-9+. The second-order valence-electron chi connectivity index (χ2n) is 4.51. The molecule has 114 valence electrons. The molecule has 4 heteroatoms. The van der Waals surface area contributed by atoms with Gasteiger partial charge in [0.15, 0.2) is 12.6 Å². The van der Waals surface area contributed by atoms with E-state index in [-0.39, 0.29) is 12.6 Å². The summed E-state index contributed by atoms with van der Waals surface area (Å²) in [7, 11) is 3.15. The Balaban J connectivity index is 2.11. The van der Waals surface area contributed by atoms with Crippen LogP contribution >= 0.6 is 0 Å². The summed E-state index contributed by atoms with van der Waals surface area (Å²) in [5, 5.41) is 0. The topological polar surface area (TPSA) is 44.8 Å². The van der Waals surface area contributed by atoms with Crippen LogP contribution in [0.2, 0.25) is 0 Å². The fourth-order valence-corrected chi connectivity index (χ4v) is 1.89. The quantitative estimate of drug-likeness (QED) is 0.445. The van der Waals surface area contributed by atoms with E-state index in [1.54, 1.807) is 44.6 Å². The van der Waals surface area contributed by atoms with Crippen LogP contribution in [0.1, 0.15) is 15.9 Å². The molecule has 0 fully saturated rings. The van der Waals surface area contributed by atoms with E-state index in [9.17, 15) is 4.79 Å². The molecule has 0 radical (unpaired) electrons. The lowest BCUT2D eigenvalue weighted by molar-refractivity contribution is 0.0510. The zero-order valence-corrected chi connectivity index (χ0v) is 12.6. The summed E-state index contributed by atoms with van der Waals surface area (Å²) in [6.45, 7) is 0.164. The number of carbonyl (C=O) groups is 1. The van der Waals surface area contributed by atoms with E-state index in [2.05, 4.69) is 0 Å². The summed E-state index contributed by atoms with van der Waals surface area (Å²) in [6.07, 6.45) is 3.26. The summed E-state index contributed by atoms with van der Waals surface area (Å²) in [5.74, 6) is 1.31. The van der Waals surface area contributed by atoms with Crippen LogP contribution < -0.4 is 9.47 Å². The van der Waals surface area contributed by atoms with E-state index in [1.807, 2.05) is 24.3 Å². The third-order valence-electron chi connectivity index (χ3n) is 3.04. The van der Waals surface area contributed by atoms with Gasteiger partial charge in [0.05, 0.1) is 7.11 Å². The molecule has 0 saturated carbocycles. The van der Waals surface area contributed by atoms with Gasteiger partial charge in [-0.05, 0) is 42.5 Å². The number of carbonyl (C=O) groups excluding carboxylic acids is 1. The molecule has 2 rings (SSSR count). The second kappa shape index (κ2) is 8.00. The molecule has 0 aliphatic heterocycles. The van der Waals surface area contributed by atoms with Crippen molar-refractivity contribution in [2.75, 3.05) is 21.0 Å². The fraction of sp³-hybridized carbons (Fsp3) is 0.167. The van der Waals surface area contributed by atoms with Crippen LogP contribution in [-0.2, 0) is 4.74 Å². The largest absolute Gasteiger partial charge is 0.497 e. The lowest BCUT2D eigenvalue weighted by Crippen LogP contribution is -2.00. The molecule has 0 aliphatic carbocycles. The van der Waals surface area contributed by atoms with Crippen molar-refractivity contribution in [3.8, 4) is 11.5 Å². The molecule has 0 aliphatic rings. The fourth-order valence-electron chi connectivity index (χ4n) is 1.89. The molecule has 0 aromatic heterocycles. The maximum atomic E-state index is 12.1. The first-order valence-corrected chi connectivity index (χ1v) is 6.82. The van der Waals surface area contributed by atoms with Gasteiger partial charge in [0.2, 0.25) is 0 Å². The Kier molecular flexibility index (Phi) is 5.74. The minimum atomic E-state index is -0.0794. The number of benzene rings is 2. The Labute approximate surface area is 129 Å². The lowest BCUT2D eigenvalue weighted by Gasteiger charge is -2.07. The molecule has 0 atom stereocenters. The van der Waals surface area contributed by atoms with Gasteiger partial charge in [-0.25, -0.2) is 0 Å². The highest BCUT2D eigenvalue weighted by atomic mass is 16.7. The van der Waals surface area contributed by atoms with Gasteiger partial charge in [-0.1, -0.05) is 18.2 Å². The van der Waals surface area contributed by atoms with E-state index >= 15 is 0 Å². The Hall–Kier alpha value is -2.59. The van der Waals surface area contributed by atoms with Crippen molar-refractivity contribution in [2.45, 2.75) is 0 Å². The van der Waals surface area contributed by atoms with Gasteiger partial charge in [-0.15, -0.1) is 0 Å². The Bertz CT molecular complexity index is 644. The summed E-state index contributed by atoms with van der Waals surface area (Å²) in [6, 6.07) is 14.5. The third-order valence-corrected chi connectivity index (χ3v) is 3.04. The highest BCUT2D eigenvalue weighted by Gasteiger charge is 2.04. The molecule has 0 spiro atoms. The van der Waals surface area contributed by atoms with Gasteiger partial charge in [0.25, 0.3) is 0 Å². The van der Waals surface area contributed by atoms with Gasteiger partial charge in [0, 0.05) is 18.2 Å². The number of hydrogen-bond donors (Lipinski definition) is 0. The molecular weight excluding hydrogens is 280 g/mol. The van der Waals surface area contributed by atoms with Crippen LogP contribution in [0.4, 0.5) is 0 Å². The van der Waals surface area contributed by atoms with Gasteiger partial charge < -0.3 is 14.2 Å². The van der Waals surface area contributed by atoms with Crippen LogP contribution in [-0.4, -0.2) is 26.8 Å². The lowest BCUT2D eigenvalue weighted by atomic mass is 10.1. The summed E-state index contributed by atoms with van der Waals surface area (Å²) < 4.78 is 15.4. The van der Waals surface area contributed by atoms with E-state index in [4.69, 9.17) is 14.2 Å². The van der Waals surface area contributed by atoms with Crippen molar-refractivity contribution in [1.82, 2.24) is 0 Å². The highest BCUT2D eigenvalue weighted by molar-refractivity contribution is 6.07. The Morgan fingerprint density at radius 2 is 1.77 bits per heavy atom. The number of ketones is 1. The molecule has 22 heavy (non-hydrogen) atoms. The SMILES string of the molecule is COCOc1ccccc1/C=C/C(=O)c1ccc(OC)cc1. The first-order chi connectivity index (χ1) is 10.7. The van der Waals surface area contributed by atoms with Crippen molar-refractivity contribution in [2.24, 2.45) is 0 Å². The van der Waals surface area contributed by atoms with Gasteiger partial charge in [-0.3, -0.25) is 4.79 Å². The number of ether oxygens (including phenoxy) is 3. The van der Waals surface area contributed by atoms with Gasteiger partial charge in [0.1, 0.15) is 11.5 Å². The van der Waals surface area contributed by atoms with E-state index < -0.39 is 0 Å². The number of methoxy groups -OCH3 is 2. The Morgan fingerprint density at radius 3 is 2.45 bits per heavy atom. The predicted octanol–water partition coefficient (Wildman–Crippen LogP) is 3.57. The molecule has 0 bridgehead atoms. The summed E-state index contributed by atoms with van der Waals surface area (Å²) >= 11 is 0. The van der Waals surface area contributed by atoms with E-state index in [0.717, 1.165) is 11.3 Å². The molecule has 4 nitrogen and oxygen atoms in total. The number of hydrogen-bond acceptors (Lipinski definition) is 4. The smallest absolute Gasteiger partial charge is 0.188 e. The Morgan fingerprint density at radius 1 is 1.05 bits per heavy atom. The van der Waals surface area contributed by atoms with Crippen molar-refractivity contribution in [3.63, 3.8) is 0 Å². The minimum Gasteiger partial charge on any atom is -0.497 e. The van der Waals surface area contributed by atoms with Gasteiger partial charge in [-0.2, -0.15) is 0 Å². The van der Waals surface area contributed by atoms with Crippen LogP contribution in [0.15, 0.2) is 54.6 Å². The van der Waals surface area contributed by atoms with Crippen molar-refractivity contribution < 1.29 is 19.0 Å². The van der Waals surface area contributed by atoms with Crippen LogP contribution in [0.3, 0.4) is 0 Å². The van der Waals surface area contributed by atoms with Gasteiger partial charge >= 0.3 is 0 Å². The summed E-state index contributed by atoms with van der Waals surface area (Å²) in [4.78, 5) is 12.1. The molecule has 0 amide bonds. The maximum Gasteiger partial charge on any atom is 0.188 e. The second-order valence-corrected chi connectivity index (χ2v) is 4.51. The average molecular weight is 298 g/mol. The summed E-state index contributed by atoms with van der Waals surface area (Å²) in [5.41, 5.74) is 1.42. The predicted molar refractivity (Wildman–Crippen MR) is 85.3 cm³/mol. The van der Waals surface area contributed by atoms with Crippen LogP contribution in [0.5, 0.6) is 11.5 Å². The average Bonchev–Trinajstić information content (AvgIpc) is 2.58. The molecule has 0 N–H and O–H groups in total. The molecular formula is C18H18O4. The van der Waals surface area contributed by atoms with Crippen LogP contribution in [0, 0.1) is 0 Å². The minimum absolute atomic E-state index is 0.0794. The monoisotopic (exact) mass is 298 g/mol. The first-order valence-electron chi connectivity index (χ1n) is 6.82. The van der Waals surface area contributed by atoms with Crippen molar-refractivity contribution >= 4 is 11.9 Å². The van der Waals surface area contributed by atoms with E-state index in [0.29, 0.717) is 11.3 Å². The number of rotatable bonds is 7. The number of para-hydroxylation sites is 1. The molecule has 2 aromatic rings. The molecule has 0 saturated heterocycles. The number of allylic oxidation sites excluding steroid dienone is 1. The highest BCUT2D eigenvalue weighted by Crippen LogP contribution is 2.20. The zero-order chi connectivity index (χ0) is 15.8. The first kappa shape index (κ1) is 15.8. The third kappa shape index (κ3) is 4.20. The normalized spacial score (nSPS) is 10.6. The maximum absolute atomic E-state index is 12.1. The van der Waals surface area contributed by atoms with Crippen molar-refractivity contribution in [1.29, 1.82) is 0 Å². The van der Waals surface area contributed by atoms with Crippen LogP contribution in [0.25, 0.3) is 6.08 Å². The van der Waals surface area contributed by atoms with E-state index in [1.165, 1.54) is 6.08 Å². The molecule has 0 heterocycles. The molecule has 0 unspecified atom stereocenters. The van der Waals surface area contributed by atoms with Crippen molar-refractivity contribution in [3.05, 3.63) is 65.7 Å². The zero-order valence-electron chi connectivity index (χ0n) is 12.6.